The zero-order chi connectivity index (χ0) is 25.5. The largest absolute Gasteiger partial charge is 0.444 e. The summed E-state index contributed by atoms with van der Waals surface area (Å²) >= 11 is 0. The number of carbonyl (C=O) groups excluding carboxylic acids is 3. The van der Waals surface area contributed by atoms with Crippen LogP contribution >= 0.6 is 0 Å². The first kappa shape index (κ1) is 24.7. The van der Waals surface area contributed by atoms with Gasteiger partial charge < -0.3 is 19.5 Å². The Morgan fingerprint density at radius 3 is 2.71 bits per heavy atom. The number of halogens is 1. The second kappa shape index (κ2) is 9.32. The molecule has 1 aliphatic carbocycles. The van der Waals surface area contributed by atoms with E-state index in [9.17, 15) is 18.8 Å². The van der Waals surface area contributed by atoms with Crippen LogP contribution in [0.25, 0.3) is 11.6 Å². The van der Waals surface area contributed by atoms with Crippen LogP contribution in [-0.2, 0) is 22.4 Å². The Morgan fingerprint density at radius 2 is 2.03 bits per heavy atom. The molecule has 2 heterocycles. The average molecular weight is 482 g/mol. The molecule has 2 amide bonds. The number of nitrogens with zero attached hydrogens (tertiary/aromatic N) is 2. The summed E-state index contributed by atoms with van der Waals surface area (Å²) in [5.41, 5.74) is 4.19. The van der Waals surface area contributed by atoms with Crippen molar-refractivity contribution >= 4 is 29.4 Å². The van der Waals surface area contributed by atoms with E-state index >= 15 is 0 Å². The van der Waals surface area contributed by atoms with Crippen molar-refractivity contribution < 1.29 is 23.5 Å². The molecule has 4 rings (SSSR count). The second-order valence-electron chi connectivity index (χ2n) is 10.1. The van der Waals surface area contributed by atoms with E-state index in [1.54, 1.807) is 21.9 Å². The quantitative estimate of drug-likeness (QED) is 0.643. The molecule has 0 saturated heterocycles. The number of allylic oxidation sites excluding steroid dienone is 1. The maximum absolute atomic E-state index is 13.8. The van der Waals surface area contributed by atoms with Gasteiger partial charge >= 0.3 is 6.09 Å². The number of amides is 2. The van der Waals surface area contributed by atoms with Gasteiger partial charge in [0, 0.05) is 56.0 Å². The van der Waals surface area contributed by atoms with Gasteiger partial charge in [0.25, 0.3) is 5.91 Å². The van der Waals surface area contributed by atoms with Crippen LogP contribution in [0.1, 0.15) is 66.1 Å². The number of likely N-dealkylation sites (N-methyl/N-ethyl adjacent to an activating group) is 1. The fraction of sp³-hybridized carbons (Fsp3) is 0.444. The van der Waals surface area contributed by atoms with Gasteiger partial charge in [-0.25, -0.2) is 9.18 Å². The second-order valence-corrected chi connectivity index (χ2v) is 10.1. The van der Waals surface area contributed by atoms with Gasteiger partial charge in [-0.1, -0.05) is 6.07 Å². The molecule has 186 valence electrons. The van der Waals surface area contributed by atoms with Crippen molar-refractivity contribution in [3.8, 4) is 0 Å². The Hall–Kier alpha value is -3.42. The van der Waals surface area contributed by atoms with Gasteiger partial charge in [-0.3, -0.25) is 9.59 Å². The molecular weight excluding hydrogens is 449 g/mol. The van der Waals surface area contributed by atoms with Crippen LogP contribution in [0.3, 0.4) is 0 Å². The predicted molar refractivity (Wildman–Crippen MR) is 132 cm³/mol. The van der Waals surface area contributed by atoms with E-state index in [2.05, 4.69) is 4.98 Å². The van der Waals surface area contributed by atoms with E-state index in [-0.39, 0.29) is 23.9 Å². The summed E-state index contributed by atoms with van der Waals surface area (Å²) in [6, 6.07) is 4.40. The van der Waals surface area contributed by atoms with E-state index in [1.165, 1.54) is 12.1 Å². The summed E-state index contributed by atoms with van der Waals surface area (Å²) < 4.78 is 19.3. The monoisotopic (exact) mass is 481 g/mol. The molecule has 0 spiro atoms. The molecule has 0 radical (unpaired) electrons. The number of nitrogens with one attached hydrogen (secondary N) is 1. The lowest BCUT2D eigenvalue weighted by molar-refractivity contribution is -0.112. The Labute approximate surface area is 204 Å². The lowest BCUT2D eigenvalue weighted by atomic mass is 10.0. The summed E-state index contributed by atoms with van der Waals surface area (Å²) in [7, 11) is 0. The molecule has 0 unspecified atom stereocenters. The van der Waals surface area contributed by atoms with Crippen molar-refractivity contribution in [3.05, 3.63) is 57.7 Å². The van der Waals surface area contributed by atoms with Crippen LogP contribution in [0.4, 0.5) is 9.18 Å². The lowest BCUT2D eigenvalue weighted by Crippen LogP contribution is -2.45. The minimum atomic E-state index is -0.583. The number of hydrogen-bond donors (Lipinski definition) is 1. The van der Waals surface area contributed by atoms with Crippen LogP contribution in [0, 0.1) is 12.7 Å². The van der Waals surface area contributed by atoms with Crippen LogP contribution in [-0.4, -0.2) is 64.3 Å². The fourth-order valence-electron chi connectivity index (χ4n) is 4.64. The molecule has 0 fully saturated rings. The molecule has 1 N–H and O–H groups in total. The van der Waals surface area contributed by atoms with E-state index in [1.807, 2.05) is 34.6 Å². The first-order chi connectivity index (χ1) is 16.5. The zero-order valence-electron chi connectivity index (χ0n) is 21.0. The number of benzene rings is 1. The third-order valence-electron chi connectivity index (χ3n) is 6.47. The first-order valence-electron chi connectivity index (χ1n) is 12.0. The normalized spacial score (nSPS) is 16.5. The first-order valence-corrected chi connectivity index (χ1v) is 12.0. The molecule has 1 aliphatic heterocycles. The average Bonchev–Trinajstić information content (AvgIpc) is 3.25. The van der Waals surface area contributed by atoms with E-state index in [0.29, 0.717) is 55.0 Å². The number of aromatic amines is 1. The van der Waals surface area contributed by atoms with E-state index in [0.717, 1.165) is 16.8 Å². The summed E-state index contributed by atoms with van der Waals surface area (Å²) in [6.07, 6.45) is 2.23. The maximum Gasteiger partial charge on any atom is 0.410 e. The summed E-state index contributed by atoms with van der Waals surface area (Å²) in [4.78, 5) is 45.0. The van der Waals surface area contributed by atoms with Crippen molar-refractivity contribution in [1.82, 2.24) is 14.8 Å². The van der Waals surface area contributed by atoms with Gasteiger partial charge in [0.2, 0.25) is 0 Å². The van der Waals surface area contributed by atoms with Crippen molar-refractivity contribution in [2.24, 2.45) is 0 Å². The van der Waals surface area contributed by atoms with Crippen LogP contribution < -0.4 is 0 Å². The molecule has 1 aromatic carbocycles. The Bertz CT molecular complexity index is 1220. The summed E-state index contributed by atoms with van der Waals surface area (Å²) in [5.74, 6) is -0.549. The number of fused-ring (bicyclic) bond motifs is 2. The fourth-order valence-corrected chi connectivity index (χ4v) is 4.64. The molecule has 0 bridgehead atoms. The van der Waals surface area contributed by atoms with Gasteiger partial charge in [0.15, 0.2) is 5.78 Å². The Morgan fingerprint density at radius 1 is 1.29 bits per heavy atom. The van der Waals surface area contributed by atoms with E-state index < -0.39 is 11.7 Å². The molecule has 2 aromatic rings. The van der Waals surface area contributed by atoms with Crippen LogP contribution in [0.2, 0.25) is 0 Å². The van der Waals surface area contributed by atoms with Gasteiger partial charge in [0.05, 0.1) is 5.56 Å². The van der Waals surface area contributed by atoms with Crippen molar-refractivity contribution in [2.75, 3.05) is 26.2 Å². The van der Waals surface area contributed by atoms with Crippen LogP contribution in [0.15, 0.2) is 18.2 Å². The molecule has 0 saturated carbocycles. The highest BCUT2D eigenvalue weighted by Crippen LogP contribution is 2.34. The Kier molecular flexibility index (Phi) is 6.58. The van der Waals surface area contributed by atoms with E-state index in [4.69, 9.17) is 4.74 Å². The number of carbonyl (C=O) groups is 3. The predicted octanol–water partition coefficient (Wildman–Crippen LogP) is 4.38. The summed E-state index contributed by atoms with van der Waals surface area (Å²) in [6.45, 7) is 11.0. The highest BCUT2D eigenvalue weighted by Gasteiger charge is 2.31. The molecule has 2 aliphatic rings. The van der Waals surface area contributed by atoms with Crippen molar-refractivity contribution in [3.63, 3.8) is 0 Å². The Balaban J connectivity index is 1.53. The maximum atomic E-state index is 13.8. The highest BCUT2D eigenvalue weighted by atomic mass is 19.1. The third-order valence-corrected chi connectivity index (χ3v) is 6.47. The zero-order valence-corrected chi connectivity index (χ0v) is 21.0. The number of ether oxygens (including phenoxy) is 1. The number of rotatable bonds is 5. The number of hydrogen-bond acceptors (Lipinski definition) is 4. The lowest BCUT2D eigenvalue weighted by Gasteiger charge is -2.31. The minimum absolute atomic E-state index is 0.0627. The van der Waals surface area contributed by atoms with Crippen LogP contribution in [0.5, 0.6) is 0 Å². The summed E-state index contributed by atoms with van der Waals surface area (Å²) in [5, 5.41) is 0. The number of Topliss-reactive ketones (excluding diaryl/α,β-unsaturated/α-hetero) is 1. The molecule has 1 aromatic heterocycles. The molecule has 7 nitrogen and oxygen atoms in total. The SMILES string of the molecule is CCN(CCN1CCc2[nH]c(C=C3C(=O)Cc4ccc(F)cc43)c(C)c2C1=O)C(=O)OC(C)(C)C. The molecule has 35 heavy (non-hydrogen) atoms. The minimum Gasteiger partial charge on any atom is -0.444 e. The molecular formula is C27H32FN3O4. The number of H-pyrrole nitrogens is 1. The third kappa shape index (κ3) is 5.01. The molecule has 8 heteroatoms. The van der Waals surface area contributed by atoms with Gasteiger partial charge in [-0.15, -0.1) is 0 Å². The smallest absolute Gasteiger partial charge is 0.410 e. The number of aromatic nitrogens is 1. The highest BCUT2D eigenvalue weighted by molar-refractivity contribution is 6.29. The van der Waals surface area contributed by atoms with Gasteiger partial charge in [0.1, 0.15) is 11.4 Å². The van der Waals surface area contributed by atoms with Gasteiger partial charge in [-0.05, 0) is 69.5 Å². The van der Waals surface area contributed by atoms with Crippen molar-refractivity contribution in [1.29, 1.82) is 0 Å². The standard InChI is InChI=1S/C27H32FN3O4/c1-6-30(26(34)35-27(3,4)5)11-12-31-10-9-21-24(25(31)33)16(2)22(29-21)15-20-19-14-18(28)8-7-17(19)13-23(20)32/h7-8,14-15,29H,6,9-13H2,1-5H3. The van der Waals surface area contributed by atoms with Gasteiger partial charge in [-0.2, -0.15) is 0 Å². The number of ketones is 1. The molecule has 0 atom stereocenters. The topological polar surface area (TPSA) is 82.7 Å². The van der Waals surface area contributed by atoms with Crippen molar-refractivity contribution in [2.45, 2.75) is 53.1 Å².